The molecule has 1 N–H and O–H groups in total. The molecule has 1 fully saturated rings. The number of anilines is 1. The number of allylic oxidation sites excluding steroid dienone is 1. The molecule has 0 unspecified atom stereocenters. The van der Waals surface area contributed by atoms with E-state index in [1.54, 1.807) is 16.3 Å². The van der Waals surface area contributed by atoms with E-state index in [0.717, 1.165) is 33.8 Å². The second kappa shape index (κ2) is 10.6. The van der Waals surface area contributed by atoms with E-state index in [2.05, 4.69) is 56.9 Å². The molecule has 36 heavy (non-hydrogen) atoms. The molecule has 0 bridgehead atoms. The minimum Gasteiger partial charge on any atom is -0.480 e. The summed E-state index contributed by atoms with van der Waals surface area (Å²) in [5, 5.41) is 10.2. The van der Waals surface area contributed by atoms with Gasteiger partial charge in [0.25, 0.3) is 11.5 Å². The molecule has 11 heteroatoms. The van der Waals surface area contributed by atoms with Crippen molar-refractivity contribution in [1.82, 2.24) is 9.47 Å². The zero-order valence-electron chi connectivity index (χ0n) is 20.7. The van der Waals surface area contributed by atoms with Crippen LogP contribution >= 0.6 is 47.1 Å². The van der Waals surface area contributed by atoms with Gasteiger partial charge in [-0.25, -0.2) is 0 Å². The van der Waals surface area contributed by atoms with Crippen molar-refractivity contribution in [2.45, 2.75) is 46.1 Å². The average Bonchev–Trinajstić information content (AvgIpc) is 3.42. The summed E-state index contributed by atoms with van der Waals surface area (Å²) in [4.78, 5) is 42.7. The number of carbonyl (C=O) groups is 2. The van der Waals surface area contributed by atoms with Crippen LogP contribution in [-0.2, 0) is 16.1 Å². The van der Waals surface area contributed by atoms with Gasteiger partial charge in [0.2, 0.25) is 0 Å². The number of fused-ring (bicyclic) bond motifs is 1. The van der Waals surface area contributed by atoms with Crippen molar-refractivity contribution in [3.63, 3.8) is 0 Å². The van der Waals surface area contributed by atoms with Gasteiger partial charge in [-0.05, 0) is 56.0 Å². The Morgan fingerprint density at radius 2 is 1.86 bits per heavy atom. The Kier molecular flexibility index (Phi) is 7.84. The molecule has 1 aromatic carbocycles. The Bertz CT molecular complexity index is 1490. The summed E-state index contributed by atoms with van der Waals surface area (Å²) in [6.07, 6.45) is 2.10. The van der Waals surface area contributed by atoms with Gasteiger partial charge in [0, 0.05) is 18.0 Å². The second-order valence-corrected chi connectivity index (χ2v) is 12.4. The van der Waals surface area contributed by atoms with E-state index in [0.29, 0.717) is 20.6 Å². The quantitative estimate of drug-likeness (QED) is 0.536. The van der Waals surface area contributed by atoms with Gasteiger partial charge in [0.1, 0.15) is 20.4 Å². The highest BCUT2D eigenvalue weighted by Gasteiger charge is 2.35. The third kappa shape index (κ3) is 4.81. The number of carbonyl (C=O) groups excluding carboxylic acids is 1. The molecule has 0 atom stereocenters. The van der Waals surface area contributed by atoms with Gasteiger partial charge in [-0.3, -0.25) is 23.9 Å². The van der Waals surface area contributed by atoms with Crippen LogP contribution in [0.5, 0.6) is 0 Å². The van der Waals surface area contributed by atoms with Crippen LogP contribution in [0.3, 0.4) is 0 Å². The number of thioether (sulfide) groups is 2. The summed E-state index contributed by atoms with van der Waals surface area (Å²) in [5.74, 6) is -1.55. The van der Waals surface area contributed by atoms with E-state index in [4.69, 9.17) is 17.3 Å². The van der Waals surface area contributed by atoms with Crippen molar-refractivity contribution in [2.75, 3.05) is 18.0 Å². The number of thiazole rings is 1. The summed E-state index contributed by atoms with van der Waals surface area (Å²) in [6.45, 7) is 10.9. The number of nitrogens with zero attached hydrogens (tertiary/aromatic N) is 3. The highest BCUT2D eigenvalue weighted by atomic mass is 32.2. The predicted molar refractivity (Wildman–Crippen MR) is 153 cm³/mol. The first-order valence-corrected chi connectivity index (χ1v) is 14.4. The number of rotatable bonds is 6. The lowest BCUT2D eigenvalue weighted by Crippen LogP contribution is -2.35. The van der Waals surface area contributed by atoms with E-state index < -0.39 is 18.4 Å². The maximum Gasteiger partial charge on any atom is 0.323 e. The van der Waals surface area contributed by atoms with Crippen LogP contribution in [0, 0.1) is 12.8 Å². The average molecular weight is 562 g/mol. The summed E-state index contributed by atoms with van der Waals surface area (Å²) < 4.78 is 2.88. The Labute approximate surface area is 227 Å². The van der Waals surface area contributed by atoms with Crippen molar-refractivity contribution < 1.29 is 14.7 Å². The minimum atomic E-state index is -1.14. The smallest absolute Gasteiger partial charge is 0.323 e. The van der Waals surface area contributed by atoms with Crippen molar-refractivity contribution in [2.24, 2.45) is 5.92 Å². The molecule has 1 amide bonds. The highest BCUT2D eigenvalue weighted by Crippen LogP contribution is 2.46. The van der Waals surface area contributed by atoms with E-state index in [9.17, 15) is 14.4 Å². The molecular weight excluding hydrogens is 535 g/mol. The molecule has 0 saturated carbocycles. The Morgan fingerprint density at radius 3 is 2.47 bits per heavy atom. The topological polar surface area (TPSA) is 82.8 Å². The number of aromatic nitrogens is 1. The van der Waals surface area contributed by atoms with Crippen molar-refractivity contribution in [3.8, 4) is 0 Å². The lowest BCUT2D eigenvalue weighted by molar-refractivity contribution is -0.140. The Morgan fingerprint density at radius 1 is 1.14 bits per heavy atom. The number of carboxylic acid groups (broad SMARTS) is 1. The van der Waals surface area contributed by atoms with E-state index in [1.807, 2.05) is 6.92 Å². The number of aryl methyl sites for hydroxylation is 1. The van der Waals surface area contributed by atoms with Gasteiger partial charge >= 0.3 is 5.97 Å². The fourth-order valence-electron chi connectivity index (χ4n) is 4.12. The molecule has 0 radical (unpaired) electrons. The zero-order valence-corrected chi connectivity index (χ0v) is 23.9. The molecule has 0 spiro atoms. The Balaban J connectivity index is 1.92. The lowest BCUT2D eigenvalue weighted by atomic mass is 10.0. The molecule has 1 saturated heterocycles. The molecule has 1 aromatic heterocycles. The van der Waals surface area contributed by atoms with Crippen LogP contribution in [0.25, 0.3) is 10.5 Å². The monoisotopic (exact) mass is 561 g/mol. The number of carboxylic acids is 1. The van der Waals surface area contributed by atoms with E-state index >= 15 is 0 Å². The maximum atomic E-state index is 13.6. The van der Waals surface area contributed by atoms with Crippen LogP contribution in [0.1, 0.15) is 33.3 Å². The number of hydrogen-bond donors (Lipinski definition) is 1. The SMILES string of the molecule is CCN1/C(=C/C(=c2/s/c(=C3\SC(=S)N(CC(=O)O)C3=O)n(CC)c2=O)C(C)C)Sc2ccc(C)cc21. The third-order valence-corrected chi connectivity index (χ3v) is 9.81. The number of aliphatic carboxylic acids is 1. The molecule has 2 aromatic rings. The predicted octanol–water partition coefficient (Wildman–Crippen LogP) is 3.57. The Hall–Kier alpha value is -2.34. The fraction of sp³-hybridized carbons (Fsp3) is 0.360. The first-order valence-electron chi connectivity index (χ1n) is 11.6. The van der Waals surface area contributed by atoms with E-state index in [1.165, 1.54) is 27.5 Å². The zero-order chi connectivity index (χ0) is 26.3. The van der Waals surface area contributed by atoms with Gasteiger partial charge in [-0.15, -0.1) is 11.3 Å². The van der Waals surface area contributed by atoms with Crippen LogP contribution in [0.4, 0.5) is 5.69 Å². The van der Waals surface area contributed by atoms with Crippen LogP contribution in [-0.4, -0.2) is 43.9 Å². The van der Waals surface area contributed by atoms with Crippen LogP contribution in [0.2, 0.25) is 0 Å². The summed E-state index contributed by atoms with van der Waals surface area (Å²) in [6, 6.07) is 6.42. The summed E-state index contributed by atoms with van der Waals surface area (Å²) in [5.41, 5.74) is 3.12. The molecule has 4 rings (SSSR count). The van der Waals surface area contributed by atoms with Gasteiger partial charge in [0.15, 0.2) is 0 Å². The van der Waals surface area contributed by atoms with Crippen LogP contribution in [0.15, 0.2) is 39.0 Å². The van der Waals surface area contributed by atoms with E-state index in [-0.39, 0.29) is 15.8 Å². The van der Waals surface area contributed by atoms with Gasteiger partial charge < -0.3 is 10.0 Å². The first-order chi connectivity index (χ1) is 17.1. The van der Waals surface area contributed by atoms with Gasteiger partial charge in [-0.2, -0.15) is 0 Å². The molecule has 2 aliphatic rings. The third-order valence-electron chi connectivity index (χ3n) is 5.90. The minimum absolute atomic E-state index is 0.0632. The molecule has 3 heterocycles. The molecule has 0 aliphatic carbocycles. The van der Waals surface area contributed by atoms with Crippen molar-refractivity contribution in [3.05, 3.63) is 54.4 Å². The van der Waals surface area contributed by atoms with Crippen molar-refractivity contribution >= 4 is 79.4 Å². The molecule has 190 valence electrons. The normalized spacial score (nSPS) is 19.1. The standard InChI is InChI=1S/C25H27N3O4S4/c1-6-26-16-10-14(5)8-9-17(16)34-18(26)11-15(13(3)4)20-22(31)27(7-2)24(35-20)21-23(32)28(12-19(29)30)25(33)36-21/h8-11,13H,6-7,12H2,1-5H3,(H,29,30)/b18-11-,20-15-,24-21-. The first kappa shape index (κ1) is 26.7. The van der Waals surface area contributed by atoms with Crippen molar-refractivity contribution in [1.29, 1.82) is 0 Å². The van der Waals surface area contributed by atoms with Crippen LogP contribution < -0.4 is 19.7 Å². The second-order valence-electron chi connectivity index (χ2n) is 8.68. The van der Waals surface area contributed by atoms with Gasteiger partial charge in [-0.1, -0.05) is 55.7 Å². The van der Waals surface area contributed by atoms with Gasteiger partial charge in [0.05, 0.1) is 15.2 Å². The summed E-state index contributed by atoms with van der Waals surface area (Å²) in [7, 11) is 0. The number of amides is 1. The number of thiocarbonyl (C=S) groups is 1. The molecule has 2 aliphatic heterocycles. The summed E-state index contributed by atoms with van der Waals surface area (Å²) >= 11 is 9.29. The lowest BCUT2D eigenvalue weighted by Gasteiger charge is -2.19. The largest absolute Gasteiger partial charge is 0.480 e. The number of benzene rings is 1. The fourth-order valence-corrected chi connectivity index (χ4v) is 8.06. The molecular formula is C25H27N3O4S4. The highest BCUT2D eigenvalue weighted by molar-refractivity contribution is 8.30. The number of hydrogen-bond acceptors (Lipinski definition) is 8. The maximum absolute atomic E-state index is 13.6. The molecule has 7 nitrogen and oxygen atoms in total.